The standard InChI is InChI=1S/C24H31ClN2O3/c1-5-24(6-2,19-7-9-20(25)10-8-19)26-15-23(28)27-12-11-17-13-21(29-3)22(30-4)14-18(17)16-27/h7-10,13-14,26H,5-6,11-12,15-16H2,1-4H3. The van der Waals surface area contributed by atoms with Crippen molar-refractivity contribution in [2.45, 2.75) is 45.2 Å². The Morgan fingerprint density at radius 1 is 1.07 bits per heavy atom. The molecule has 30 heavy (non-hydrogen) atoms. The van der Waals surface area contributed by atoms with Crippen molar-refractivity contribution in [3.63, 3.8) is 0 Å². The molecule has 162 valence electrons. The van der Waals surface area contributed by atoms with E-state index in [0.717, 1.165) is 41.2 Å². The monoisotopic (exact) mass is 430 g/mol. The van der Waals surface area contributed by atoms with E-state index < -0.39 is 0 Å². The predicted octanol–water partition coefficient (Wildman–Crippen LogP) is 4.55. The number of ether oxygens (including phenoxy) is 2. The van der Waals surface area contributed by atoms with E-state index in [9.17, 15) is 4.79 Å². The Morgan fingerprint density at radius 2 is 1.67 bits per heavy atom. The second-order valence-corrected chi connectivity index (χ2v) is 8.13. The van der Waals surface area contributed by atoms with Gasteiger partial charge in [-0.25, -0.2) is 0 Å². The lowest BCUT2D eigenvalue weighted by Gasteiger charge is -2.35. The number of amides is 1. The largest absolute Gasteiger partial charge is 0.493 e. The number of nitrogens with zero attached hydrogens (tertiary/aromatic N) is 1. The molecule has 1 heterocycles. The summed E-state index contributed by atoms with van der Waals surface area (Å²) in [5.74, 6) is 1.54. The SMILES string of the molecule is CCC(CC)(NCC(=O)N1CCc2cc(OC)c(OC)cc2C1)c1ccc(Cl)cc1. The van der Waals surface area contributed by atoms with Crippen molar-refractivity contribution < 1.29 is 14.3 Å². The molecule has 3 rings (SSSR count). The first-order valence-electron chi connectivity index (χ1n) is 10.5. The maximum atomic E-state index is 13.0. The number of halogens is 1. The second-order valence-electron chi connectivity index (χ2n) is 7.69. The molecule has 0 aromatic heterocycles. The van der Waals surface area contributed by atoms with Gasteiger partial charge in [-0.2, -0.15) is 0 Å². The third kappa shape index (κ3) is 4.57. The number of carbonyl (C=O) groups excluding carboxylic acids is 1. The van der Waals surface area contributed by atoms with E-state index in [0.29, 0.717) is 25.4 Å². The summed E-state index contributed by atoms with van der Waals surface area (Å²) in [4.78, 5) is 15.0. The lowest BCUT2D eigenvalue weighted by molar-refractivity contribution is -0.131. The fourth-order valence-corrected chi connectivity index (χ4v) is 4.36. The van der Waals surface area contributed by atoms with Crippen LogP contribution in [0.1, 0.15) is 43.4 Å². The summed E-state index contributed by atoms with van der Waals surface area (Å²) in [5.41, 5.74) is 3.24. The highest BCUT2D eigenvalue weighted by Gasteiger charge is 2.30. The number of hydrogen-bond donors (Lipinski definition) is 1. The molecule has 6 heteroatoms. The van der Waals surface area contributed by atoms with E-state index in [4.69, 9.17) is 21.1 Å². The molecule has 5 nitrogen and oxygen atoms in total. The van der Waals surface area contributed by atoms with Gasteiger partial charge < -0.3 is 14.4 Å². The summed E-state index contributed by atoms with van der Waals surface area (Å²) in [6.45, 7) is 5.88. The third-order valence-corrected chi connectivity index (χ3v) is 6.50. The summed E-state index contributed by atoms with van der Waals surface area (Å²) in [5, 5.41) is 4.27. The van der Waals surface area contributed by atoms with Gasteiger partial charge in [-0.1, -0.05) is 37.6 Å². The Labute approximate surface area is 184 Å². The predicted molar refractivity (Wildman–Crippen MR) is 120 cm³/mol. The quantitative estimate of drug-likeness (QED) is 0.667. The van der Waals surface area contributed by atoms with Crippen LogP contribution in [0, 0.1) is 0 Å². The van der Waals surface area contributed by atoms with Gasteiger partial charge in [-0.05, 0) is 60.2 Å². The lowest BCUT2D eigenvalue weighted by Crippen LogP contribution is -2.48. The summed E-state index contributed by atoms with van der Waals surface area (Å²) in [6.07, 6.45) is 2.59. The molecular formula is C24H31ClN2O3. The smallest absolute Gasteiger partial charge is 0.236 e. The zero-order valence-corrected chi connectivity index (χ0v) is 19.0. The van der Waals surface area contributed by atoms with Crippen molar-refractivity contribution in [2.24, 2.45) is 0 Å². The van der Waals surface area contributed by atoms with E-state index in [1.165, 1.54) is 5.56 Å². The molecule has 0 spiro atoms. The molecule has 1 amide bonds. The highest BCUT2D eigenvalue weighted by Crippen LogP contribution is 2.33. The van der Waals surface area contributed by atoms with Gasteiger partial charge in [-0.3, -0.25) is 10.1 Å². The Balaban J connectivity index is 1.71. The maximum absolute atomic E-state index is 13.0. The fraction of sp³-hybridized carbons (Fsp3) is 0.458. The van der Waals surface area contributed by atoms with Crippen LogP contribution in [0.15, 0.2) is 36.4 Å². The van der Waals surface area contributed by atoms with Gasteiger partial charge in [0.1, 0.15) is 0 Å². The molecule has 1 aliphatic rings. The second kappa shape index (κ2) is 9.71. The van der Waals surface area contributed by atoms with Crippen molar-refractivity contribution >= 4 is 17.5 Å². The van der Waals surface area contributed by atoms with Gasteiger partial charge >= 0.3 is 0 Å². The number of nitrogens with one attached hydrogen (secondary N) is 1. The summed E-state index contributed by atoms with van der Waals surface area (Å²) >= 11 is 6.06. The molecule has 0 fully saturated rings. The van der Waals surface area contributed by atoms with Crippen LogP contribution in [0.4, 0.5) is 0 Å². The van der Waals surface area contributed by atoms with E-state index in [1.54, 1.807) is 14.2 Å². The fourth-order valence-electron chi connectivity index (χ4n) is 4.23. The summed E-state index contributed by atoms with van der Waals surface area (Å²) < 4.78 is 10.8. The number of carbonyl (C=O) groups is 1. The molecule has 0 atom stereocenters. The third-order valence-electron chi connectivity index (χ3n) is 6.25. The maximum Gasteiger partial charge on any atom is 0.236 e. The van der Waals surface area contributed by atoms with Crippen LogP contribution in [0.5, 0.6) is 11.5 Å². The molecule has 1 aliphatic heterocycles. The highest BCUT2D eigenvalue weighted by atomic mass is 35.5. The molecule has 0 saturated heterocycles. The van der Waals surface area contributed by atoms with Gasteiger partial charge in [0.2, 0.25) is 5.91 Å². The summed E-state index contributed by atoms with van der Waals surface area (Å²) in [7, 11) is 3.27. The van der Waals surface area contributed by atoms with Crippen molar-refractivity contribution in [3.05, 3.63) is 58.1 Å². The van der Waals surface area contributed by atoms with Crippen LogP contribution in [-0.2, 0) is 23.3 Å². The number of fused-ring (bicyclic) bond motifs is 1. The molecule has 0 unspecified atom stereocenters. The van der Waals surface area contributed by atoms with Crippen LogP contribution < -0.4 is 14.8 Å². The Kier molecular flexibility index (Phi) is 7.27. The zero-order valence-electron chi connectivity index (χ0n) is 18.3. The molecule has 0 bridgehead atoms. The van der Waals surface area contributed by atoms with Gasteiger partial charge in [0, 0.05) is 23.7 Å². The van der Waals surface area contributed by atoms with Gasteiger partial charge in [-0.15, -0.1) is 0 Å². The average Bonchev–Trinajstić information content (AvgIpc) is 2.79. The van der Waals surface area contributed by atoms with Gasteiger partial charge in [0.25, 0.3) is 0 Å². The zero-order chi connectivity index (χ0) is 21.7. The van der Waals surface area contributed by atoms with E-state index in [-0.39, 0.29) is 11.4 Å². The van der Waals surface area contributed by atoms with Crippen molar-refractivity contribution in [1.29, 1.82) is 0 Å². The molecule has 1 N–H and O–H groups in total. The summed E-state index contributed by atoms with van der Waals surface area (Å²) in [6, 6.07) is 11.9. The average molecular weight is 431 g/mol. The first kappa shape index (κ1) is 22.4. The first-order valence-corrected chi connectivity index (χ1v) is 10.9. The molecule has 0 saturated carbocycles. The van der Waals surface area contributed by atoms with Crippen LogP contribution in [0.3, 0.4) is 0 Å². The van der Waals surface area contributed by atoms with E-state index in [2.05, 4.69) is 19.2 Å². The molecular weight excluding hydrogens is 400 g/mol. The number of methoxy groups -OCH3 is 2. The van der Waals surface area contributed by atoms with Crippen molar-refractivity contribution in [1.82, 2.24) is 10.2 Å². The molecule has 0 aliphatic carbocycles. The number of rotatable bonds is 8. The minimum atomic E-state index is -0.246. The molecule has 0 radical (unpaired) electrons. The van der Waals surface area contributed by atoms with Crippen LogP contribution in [0.2, 0.25) is 5.02 Å². The van der Waals surface area contributed by atoms with Crippen molar-refractivity contribution in [2.75, 3.05) is 27.3 Å². The normalized spacial score (nSPS) is 13.7. The minimum Gasteiger partial charge on any atom is -0.493 e. The number of benzene rings is 2. The van der Waals surface area contributed by atoms with Crippen molar-refractivity contribution in [3.8, 4) is 11.5 Å². The van der Waals surface area contributed by atoms with Crippen LogP contribution in [-0.4, -0.2) is 38.1 Å². The lowest BCUT2D eigenvalue weighted by atomic mass is 9.84. The minimum absolute atomic E-state index is 0.107. The first-order chi connectivity index (χ1) is 14.5. The van der Waals surface area contributed by atoms with E-state index >= 15 is 0 Å². The number of hydrogen-bond acceptors (Lipinski definition) is 4. The van der Waals surface area contributed by atoms with Gasteiger partial charge in [0.05, 0.1) is 20.8 Å². The van der Waals surface area contributed by atoms with Gasteiger partial charge in [0.15, 0.2) is 11.5 Å². The molecule has 2 aromatic rings. The van der Waals surface area contributed by atoms with Crippen LogP contribution in [0.25, 0.3) is 0 Å². The molecule has 2 aromatic carbocycles. The Hall–Kier alpha value is -2.24. The van der Waals surface area contributed by atoms with Crippen LogP contribution >= 0.6 is 11.6 Å². The Bertz CT molecular complexity index is 879. The highest BCUT2D eigenvalue weighted by molar-refractivity contribution is 6.30. The topological polar surface area (TPSA) is 50.8 Å². The Morgan fingerprint density at radius 3 is 2.23 bits per heavy atom. The van der Waals surface area contributed by atoms with E-state index in [1.807, 2.05) is 41.3 Å².